The van der Waals surface area contributed by atoms with Crippen LogP contribution in [0.25, 0.3) is 0 Å². The zero-order valence-electron chi connectivity index (χ0n) is 22.3. The molecule has 0 heterocycles. The normalized spacial score (nSPS) is 13.6. The van der Waals surface area contributed by atoms with Gasteiger partial charge in [-0.15, -0.1) is 0 Å². The smallest absolute Gasteiger partial charge is 0.335 e. The maximum atomic E-state index is 12.0. The highest BCUT2D eigenvalue weighted by atomic mass is 16.6. The van der Waals surface area contributed by atoms with Gasteiger partial charge in [-0.3, -0.25) is 4.79 Å². The maximum Gasteiger partial charge on any atom is 0.335 e. The molecular weight excluding hydrogens is 452 g/mol. The zero-order valence-corrected chi connectivity index (χ0v) is 22.3. The molecule has 3 unspecified atom stereocenters. The van der Waals surface area contributed by atoms with Crippen molar-refractivity contribution in [2.24, 2.45) is 0 Å². The van der Waals surface area contributed by atoms with Gasteiger partial charge in [-0.25, -0.2) is 9.59 Å². The van der Waals surface area contributed by atoms with E-state index in [9.17, 15) is 24.6 Å². The topological polar surface area (TPSA) is 119 Å². The van der Waals surface area contributed by atoms with Crippen LogP contribution in [0.1, 0.15) is 124 Å². The predicted molar refractivity (Wildman–Crippen MR) is 135 cm³/mol. The number of aliphatic hydroxyl groups excluding tert-OH is 2. The van der Waals surface area contributed by atoms with Crippen LogP contribution in [0.3, 0.4) is 0 Å². The van der Waals surface area contributed by atoms with E-state index >= 15 is 0 Å². The fourth-order valence-electron chi connectivity index (χ4n) is 3.57. The largest absolute Gasteiger partial charge is 0.462 e. The molecule has 0 spiro atoms. The Morgan fingerprint density at radius 3 is 1.43 bits per heavy atom. The van der Waals surface area contributed by atoms with Gasteiger partial charge >= 0.3 is 17.9 Å². The van der Waals surface area contributed by atoms with Crippen LogP contribution in [0.5, 0.6) is 0 Å². The fraction of sp³-hybridized carbons (Fsp3) is 0.889. The van der Waals surface area contributed by atoms with Gasteiger partial charge < -0.3 is 24.4 Å². The van der Waals surface area contributed by atoms with Crippen molar-refractivity contribution in [2.45, 2.75) is 142 Å². The van der Waals surface area contributed by atoms with E-state index < -0.39 is 36.2 Å². The van der Waals surface area contributed by atoms with Gasteiger partial charge in [0.2, 0.25) is 0 Å². The first-order valence-electron chi connectivity index (χ1n) is 13.7. The van der Waals surface area contributed by atoms with Gasteiger partial charge in [0.15, 0.2) is 6.10 Å². The first-order valence-corrected chi connectivity index (χ1v) is 13.7. The third-order valence-corrected chi connectivity index (χ3v) is 5.79. The Labute approximate surface area is 212 Å². The zero-order chi connectivity index (χ0) is 26.3. The lowest BCUT2D eigenvalue weighted by molar-refractivity contribution is -0.174. The molecule has 0 aromatic carbocycles. The van der Waals surface area contributed by atoms with Crippen molar-refractivity contribution in [3.8, 4) is 0 Å². The molecule has 8 heteroatoms. The predicted octanol–water partition coefficient (Wildman–Crippen LogP) is 5.01. The molecule has 0 aromatic heterocycles. The molecular formula is C27H50O8. The molecule has 0 saturated carbocycles. The SMILES string of the molecule is CCCCCCCCCCCCCCCCCC(=O)OCC(COC(=O)C(C)O)OC(=O)C(C)O. The van der Waals surface area contributed by atoms with Gasteiger partial charge in [0, 0.05) is 6.42 Å². The fourth-order valence-corrected chi connectivity index (χ4v) is 3.57. The standard InChI is InChI=1S/C27H50O8/c1-4-5-6-7-8-9-10-11-12-13-14-15-16-17-18-19-25(30)33-20-24(35-27(32)23(3)29)21-34-26(31)22(2)28/h22-24,28-29H,4-21H2,1-3H3. The van der Waals surface area contributed by atoms with Crippen molar-refractivity contribution < 1.29 is 38.8 Å². The van der Waals surface area contributed by atoms with E-state index in [4.69, 9.17) is 14.2 Å². The Hall–Kier alpha value is -1.67. The summed E-state index contributed by atoms with van der Waals surface area (Å²) in [4.78, 5) is 35.0. The number of ether oxygens (including phenoxy) is 3. The first kappa shape index (κ1) is 33.3. The number of rotatable bonds is 23. The lowest BCUT2D eigenvalue weighted by Gasteiger charge is -2.19. The van der Waals surface area contributed by atoms with Crippen LogP contribution in [0.15, 0.2) is 0 Å². The summed E-state index contributed by atoms with van der Waals surface area (Å²) in [7, 11) is 0. The molecule has 0 aliphatic heterocycles. The van der Waals surface area contributed by atoms with E-state index in [1.54, 1.807) is 0 Å². The van der Waals surface area contributed by atoms with Crippen molar-refractivity contribution in [2.75, 3.05) is 13.2 Å². The molecule has 35 heavy (non-hydrogen) atoms. The number of carbonyl (C=O) groups is 3. The minimum Gasteiger partial charge on any atom is -0.462 e. The van der Waals surface area contributed by atoms with Crippen LogP contribution in [0, 0.1) is 0 Å². The minimum atomic E-state index is -1.36. The molecule has 0 aliphatic rings. The minimum absolute atomic E-state index is 0.267. The van der Waals surface area contributed by atoms with E-state index in [1.165, 1.54) is 90.9 Å². The van der Waals surface area contributed by atoms with Gasteiger partial charge in [0.25, 0.3) is 0 Å². The van der Waals surface area contributed by atoms with Crippen LogP contribution in [-0.2, 0) is 28.6 Å². The molecule has 0 saturated heterocycles. The number of unbranched alkanes of at least 4 members (excludes halogenated alkanes) is 14. The van der Waals surface area contributed by atoms with Crippen molar-refractivity contribution in [1.29, 1.82) is 0 Å². The van der Waals surface area contributed by atoms with E-state index in [0.29, 0.717) is 0 Å². The summed E-state index contributed by atoms with van der Waals surface area (Å²) in [5, 5.41) is 18.5. The molecule has 0 fully saturated rings. The second-order valence-electron chi connectivity index (χ2n) is 9.42. The maximum absolute atomic E-state index is 12.0. The van der Waals surface area contributed by atoms with Crippen LogP contribution in [0.2, 0.25) is 0 Å². The summed E-state index contributed by atoms with van der Waals surface area (Å²) < 4.78 is 15.0. The number of carbonyl (C=O) groups excluding carboxylic acids is 3. The lowest BCUT2D eigenvalue weighted by Crippen LogP contribution is -2.35. The van der Waals surface area contributed by atoms with Gasteiger partial charge in [-0.1, -0.05) is 96.8 Å². The third kappa shape index (κ3) is 21.3. The molecule has 0 bridgehead atoms. The Morgan fingerprint density at radius 2 is 1.00 bits per heavy atom. The van der Waals surface area contributed by atoms with Crippen molar-refractivity contribution in [3.05, 3.63) is 0 Å². The van der Waals surface area contributed by atoms with Gasteiger partial charge in [-0.2, -0.15) is 0 Å². The highest BCUT2D eigenvalue weighted by Crippen LogP contribution is 2.14. The number of aliphatic hydroxyl groups is 2. The molecule has 3 atom stereocenters. The Kier molecular flexibility index (Phi) is 21.7. The quantitative estimate of drug-likeness (QED) is 0.114. The second-order valence-corrected chi connectivity index (χ2v) is 9.42. The molecule has 0 aromatic rings. The highest BCUT2D eigenvalue weighted by Gasteiger charge is 2.22. The van der Waals surface area contributed by atoms with Crippen molar-refractivity contribution in [1.82, 2.24) is 0 Å². The molecule has 206 valence electrons. The Bertz CT molecular complexity index is 547. The van der Waals surface area contributed by atoms with Gasteiger partial charge in [0.1, 0.15) is 25.4 Å². The van der Waals surface area contributed by atoms with Crippen molar-refractivity contribution in [3.63, 3.8) is 0 Å². The summed E-state index contributed by atoms with van der Waals surface area (Å²) in [5.74, 6) is -2.21. The van der Waals surface area contributed by atoms with E-state index in [0.717, 1.165) is 19.3 Å². The summed E-state index contributed by atoms with van der Waals surface area (Å²) in [6.07, 6.45) is 15.2. The average Bonchev–Trinajstić information content (AvgIpc) is 2.82. The van der Waals surface area contributed by atoms with E-state index in [1.807, 2.05) is 0 Å². The third-order valence-electron chi connectivity index (χ3n) is 5.79. The summed E-state index contributed by atoms with van der Waals surface area (Å²) >= 11 is 0. The Balaban J connectivity index is 3.80. The van der Waals surface area contributed by atoms with Crippen LogP contribution >= 0.6 is 0 Å². The lowest BCUT2D eigenvalue weighted by atomic mass is 10.0. The molecule has 0 radical (unpaired) electrons. The molecule has 0 aliphatic carbocycles. The number of hydrogen-bond donors (Lipinski definition) is 2. The molecule has 8 nitrogen and oxygen atoms in total. The van der Waals surface area contributed by atoms with Crippen LogP contribution in [-0.4, -0.2) is 59.6 Å². The monoisotopic (exact) mass is 502 g/mol. The molecule has 0 rings (SSSR count). The highest BCUT2D eigenvalue weighted by molar-refractivity contribution is 5.75. The van der Waals surface area contributed by atoms with Crippen LogP contribution in [0.4, 0.5) is 0 Å². The number of hydrogen-bond acceptors (Lipinski definition) is 8. The molecule has 2 N–H and O–H groups in total. The first-order chi connectivity index (χ1) is 16.8. The van der Waals surface area contributed by atoms with Gasteiger partial charge in [0.05, 0.1) is 0 Å². The molecule has 0 amide bonds. The Morgan fingerprint density at radius 1 is 0.600 bits per heavy atom. The average molecular weight is 503 g/mol. The van der Waals surface area contributed by atoms with E-state index in [-0.39, 0.29) is 19.6 Å². The van der Waals surface area contributed by atoms with Crippen molar-refractivity contribution >= 4 is 17.9 Å². The number of esters is 3. The van der Waals surface area contributed by atoms with Gasteiger partial charge in [-0.05, 0) is 20.3 Å². The summed E-state index contributed by atoms with van der Waals surface area (Å²) in [6.45, 7) is 4.07. The second kappa shape index (κ2) is 22.8. The summed E-state index contributed by atoms with van der Waals surface area (Å²) in [5.41, 5.74) is 0. The van der Waals surface area contributed by atoms with E-state index in [2.05, 4.69) is 6.92 Å². The summed E-state index contributed by atoms with van der Waals surface area (Å²) in [6, 6.07) is 0. The van der Waals surface area contributed by atoms with Crippen LogP contribution < -0.4 is 0 Å².